The molecule has 1 heterocycles. The van der Waals surface area contributed by atoms with Crippen LogP contribution in [0.4, 0.5) is 9.59 Å². The average molecular weight is 703 g/mol. The van der Waals surface area contributed by atoms with E-state index in [2.05, 4.69) is 17.2 Å². The van der Waals surface area contributed by atoms with Gasteiger partial charge in [-0.3, -0.25) is 14.5 Å². The van der Waals surface area contributed by atoms with Crippen molar-refractivity contribution in [3.8, 4) is 11.1 Å². The number of rotatable bonds is 9. The van der Waals surface area contributed by atoms with Gasteiger partial charge in [-0.15, -0.1) is 6.58 Å². The van der Waals surface area contributed by atoms with Gasteiger partial charge in [0.2, 0.25) is 11.8 Å². The van der Waals surface area contributed by atoms with Gasteiger partial charge in [-0.05, 0) is 68.2 Å². The lowest BCUT2D eigenvalue weighted by molar-refractivity contribution is -0.150. The topological polar surface area (TPSA) is 144 Å². The van der Waals surface area contributed by atoms with E-state index in [-0.39, 0.29) is 25.5 Å². The van der Waals surface area contributed by atoms with Gasteiger partial charge in [0, 0.05) is 12.5 Å². The van der Waals surface area contributed by atoms with Crippen LogP contribution in [0.15, 0.2) is 61.2 Å². The summed E-state index contributed by atoms with van der Waals surface area (Å²) in [7, 11) is 1.30. The summed E-state index contributed by atoms with van der Waals surface area (Å²) in [5, 5.41) is 5.65. The predicted molar refractivity (Wildman–Crippen MR) is 190 cm³/mol. The zero-order valence-electron chi connectivity index (χ0n) is 30.8. The molecule has 2 aromatic rings. The van der Waals surface area contributed by atoms with Crippen LogP contribution in [0.25, 0.3) is 11.1 Å². The molecule has 5 unspecified atom stereocenters. The zero-order chi connectivity index (χ0) is 37.5. The lowest BCUT2D eigenvalue weighted by atomic mass is 9.85. The first-order valence-corrected chi connectivity index (χ1v) is 17.4. The molecule has 2 N–H and O–H groups in total. The van der Waals surface area contributed by atoms with Crippen LogP contribution >= 0.6 is 0 Å². The maximum atomic E-state index is 14.7. The van der Waals surface area contributed by atoms with Crippen molar-refractivity contribution in [2.24, 2.45) is 11.3 Å². The molecule has 2 aliphatic carbocycles. The Labute approximate surface area is 299 Å². The molecule has 12 nitrogen and oxygen atoms in total. The van der Waals surface area contributed by atoms with Crippen molar-refractivity contribution in [2.75, 3.05) is 20.3 Å². The Hall–Kier alpha value is -4.87. The van der Waals surface area contributed by atoms with Crippen molar-refractivity contribution in [3.05, 3.63) is 72.3 Å². The Bertz CT molecular complexity index is 1670. The fraction of sp³-hybridized carbons (Fsp3) is 0.513. The van der Waals surface area contributed by atoms with Crippen molar-refractivity contribution >= 4 is 30.0 Å². The fourth-order valence-electron chi connectivity index (χ4n) is 7.31. The number of alkyl carbamates (subject to hydrolysis) is 1. The summed E-state index contributed by atoms with van der Waals surface area (Å²) in [4.78, 5) is 72.2. The Balaban J connectivity index is 1.56. The van der Waals surface area contributed by atoms with Crippen LogP contribution in [0, 0.1) is 11.3 Å². The highest BCUT2D eigenvalue weighted by Gasteiger charge is 2.62. The Morgan fingerprint density at radius 3 is 2.08 bits per heavy atom. The molecule has 5 atom stereocenters. The molecular weight excluding hydrogens is 652 g/mol. The predicted octanol–water partition coefficient (Wildman–Crippen LogP) is 5.36. The molecule has 2 fully saturated rings. The van der Waals surface area contributed by atoms with Crippen molar-refractivity contribution in [1.82, 2.24) is 20.4 Å². The number of fused-ring (bicyclic) bond motifs is 3. The maximum absolute atomic E-state index is 14.7. The average Bonchev–Trinajstić information content (AvgIpc) is 3.44. The Kier molecular flexibility index (Phi) is 10.3. The second-order valence-corrected chi connectivity index (χ2v) is 15.5. The van der Waals surface area contributed by atoms with E-state index in [1.165, 1.54) is 12.0 Å². The number of nitrogens with one attached hydrogen (secondary N) is 2. The first kappa shape index (κ1) is 37.4. The second-order valence-electron chi connectivity index (χ2n) is 15.5. The van der Waals surface area contributed by atoms with E-state index in [1.807, 2.05) is 48.5 Å². The summed E-state index contributed by atoms with van der Waals surface area (Å²) >= 11 is 0. The molecule has 3 aliphatic rings. The minimum Gasteiger partial charge on any atom is -0.464 e. The van der Waals surface area contributed by atoms with E-state index < -0.39 is 70.7 Å². The van der Waals surface area contributed by atoms with Crippen molar-refractivity contribution in [1.29, 1.82) is 0 Å². The van der Waals surface area contributed by atoms with Crippen molar-refractivity contribution < 1.29 is 38.2 Å². The molecule has 1 aliphatic heterocycles. The molecule has 5 rings (SSSR count). The van der Waals surface area contributed by atoms with E-state index in [9.17, 15) is 24.0 Å². The fourth-order valence-corrected chi connectivity index (χ4v) is 7.31. The number of methoxy groups -OCH3 is 1. The zero-order valence-corrected chi connectivity index (χ0v) is 30.8. The number of likely N-dealkylation sites (tertiary alicyclic amines) is 1. The van der Waals surface area contributed by atoms with Crippen molar-refractivity contribution in [2.45, 2.75) is 96.6 Å². The highest BCUT2D eigenvalue weighted by molar-refractivity contribution is 5.97. The van der Waals surface area contributed by atoms with Crippen LogP contribution in [0.2, 0.25) is 0 Å². The normalized spacial score (nSPS) is 22.9. The summed E-state index contributed by atoms with van der Waals surface area (Å²) in [6, 6.07) is 12.1. The molecule has 51 heavy (non-hydrogen) atoms. The third kappa shape index (κ3) is 7.31. The van der Waals surface area contributed by atoms with Gasteiger partial charge >= 0.3 is 18.2 Å². The van der Waals surface area contributed by atoms with Crippen LogP contribution in [-0.4, -0.2) is 89.3 Å². The van der Waals surface area contributed by atoms with Crippen LogP contribution in [0.3, 0.4) is 0 Å². The monoisotopic (exact) mass is 702 g/mol. The van der Waals surface area contributed by atoms with Gasteiger partial charge in [-0.1, -0.05) is 75.4 Å². The number of benzene rings is 2. The van der Waals surface area contributed by atoms with E-state index in [4.69, 9.17) is 14.2 Å². The van der Waals surface area contributed by atoms with Gasteiger partial charge in [-0.2, -0.15) is 0 Å². The molecule has 2 aromatic carbocycles. The highest BCUT2D eigenvalue weighted by atomic mass is 16.6. The molecule has 1 saturated carbocycles. The van der Waals surface area contributed by atoms with Crippen molar-refractivity contribution in [3.63, 3.8) is 0 Å². The van der Waals surface area contributed by atoms with E-state index in [0.717, 1.165) is 22.3 Å². The second kappa shape index (κ2) is 14.0. The van der Waals surface area contributed by atoms with Gasteiger partial charge in [0.25, 0.3) is 0 Å². The number of esters is 1. The van der Waals surface area contributed by atoms with Crippen LogP contribution in [0.5, 0.6) is 0 Å². The number of amides is 4. The minimum atomic E-state index is -1.31. The molecule has 0 spiro atoms. The third-order valence-electron chi connectivity index (χ3n) is 9.78. The van der Waals surface area contributed by atoms with Gasteiger partial charge in [0.1, 0.15) is 23.2 Å². The van der Waals surface area contributed by atoms with Crippen LogP contribution in [0.1, 0.15) is 78.5 Å². The molecule has 4 amide bonds. The lowest BCUT2D eigenvalue weighted by Crippen LogP contribution is -2.59. The number of carbonyl (C=O) groups excluding carboxylic acids is 5. The summed E-state index contributed by atoms with van der Waals surface area (Å²) in [5.41, 5.74) is 0.785. The SMILES string of the molecule is C=CC1CC1(NC(=O)C1CC(N(C(=O)OC)C2c3ccccc3-c3ccccc32)CN1C(=O)C(NC(=O)OC(C)(C)C)C(C)(C)C)C(=O)OCC. The van der Waals surface area contributed by atoms with E-state index in [0.29, 0.717) is 6.42 Å². The largest absolute Gasteiger partial charge is 0.464 e. The minimum absolute atomic E-state index is 0.0362. The summed E-state index contributed by atoms with van der Waals surface area (Å²) in [6.45, 7) is 16.2. The molecule has 0 radical (unpaired) electrons. The molecular formula is C39H50N4O8. The first-order chi connectivity index (χ1) is 24.0. The molecule has 274 valence electrons. The van der Waals surface area contributed by atoms with Crippen LogP contribution in [-0.2, 0) is 28.6 Å². The number of ether oxygens (including phenoxy) is 3. The smallest absolute Gasteiger partial charge is 0.410 e. The maximum Gasteiger partial charge on any atom is 0.410 e. The van der Waals surface area contributed by atoms with E-state index in [1.54, 1.807) is 59.4 Å². The number of nitrogens with zero attached hydrogens (tertiary/aromatic N) is 2. The lowest BCUT2D eigenvalue weighted by Gasteiger charge is -2.36. The first-order valence-electron chi connectivity index (χ1n) is 17.4. The summed E-state index contributed by atoms with van der Waals surface area (Å²) < 4.78 is 16.2. The third-order valence-corrected chi connectivity index (χ3v) is 9.78. The van der Waals surface area contributed by atoms with Gasteiger partial charge in [0.05, 0.1) is 25.8 Å². The Morgan fingerprint density at radius 2 is 1.59 bits per heavy atom. The summed E-state index contributed by atoms with van der Waals surface area (Å²) in [6.07, 6.45) is 0.539. The number of hydrogen-bond donors (Lipinski definition) is 2. The highest BCUT2D eigenvalue weighted by Crippen LogP contribution is 2.49. The molecule has 0 aromatic heterocycles. The number of carbonyl (C=O) groups is 5. The number of hydrogen-bond acceptors (Lipinski definition) is 8. The van der Waals surface area contributed by atoms with Gasteiger partial charge < -0.3 is 29.7 Å². The molecule has 12 heteroatoms. The van der Waals surface area contributed by atoms with Gasteiger partial charge in [-0.25, -0.2) is 14.4 Å². The van der Waals surface area contributed by atoms with E-state index >= 15 is 0 Å². The molecule has 1 saturated heterocycles. The summed E-state index contributed by atoms with van der Waals surface area (Å²) in [5.74, 6) is -2.04. The van der Waals surface area contributed by atoms with Crippen LogP contribution < -0.4 is 10.6 Å². The standard InChI is InChI=1S/C39H50N4O8/c1-10-23-21-39(23,34(46)50-11-2)41-32(44)29-20-24(22-42(29)33(45)31(37(3,4)5)40-35(47)51-38(6,7)8)43(36(48)49-9)30-27-18-14-12-16-25(27)26-17-13-15-19-28(26)30/h10,12-19,23-24,29-31H,1,11,20-22H2,2-9H3,(H,40,47)(H,41,44). The Morgan fingerprint density at radius 1 is 1.00 bits per heavy atom. The molecule has 0 bridgehead atoms. The van der Waals surface area contributed by atoms with Gasteiger partial charge in [0.15, 0.2) is 0 Å². The quantitative estimate of drug-likeness (QED) is 0.202.